The molecule has 0 aliphatic carbocycles. The molecule has 0 saturated heterocycles. The molecule has 0 aromatic heterocycles. The van der Waals surface area contributed by atoms with Crippen LogP contribution in [0.25, 0.3) is 0 Å². The van der Waals surface area contributed by atoms with Crippen molar-refractivity contribution in [2.24, 2.45) is 5.92 Å². The largest absolute Gasteiger partial charge is 0.341 e. The van der Waals surface area contributed by atoms with E-state index in [4.69, 9.17) is 0 Å². The lowest BCUT2D eigenvalue weighted by atomic mass is 10.2. The van der Waals surface area contributed by atoms with Gasteiger partial charge in [0.2, 0.25) is 0 Å². The van der Waals surface area contributed by atoms with Crippen LogP contribution in [-0.2, 0) is 4.57 Å². The number of carbonyl (C=O) groups excluding carboxylic acids is 1. The van der Waals surface area contributed by atoms with Gasteiger partial charge in [-0.1, -0.05) is 92.7 Å². The Hall–Kier alpha value is -2.64. The predicted octanol–water partition coefficient (Wildman–Crippen LogP) is 4.41. The van der Waals surface area contributed by atoms with Crippen molar-refractivity contribution in [1.82, 2.24) is 5.32 Å². The molecule has 0 bridgehead atoms. The second-order valence-corrected chi connectivity index (χ2v) is 9.76. The molecule has 0 spiro atoms. The summed E-state index contributed by atoms with van der Waals surface area (Å²) in [6.07, 6.45) is 0. The van der Waals surface area contributed by atoms with Crippen LogP contribution in [-0.4, -0.2) is 11.7 Å². The van der Waals surface area contributed by atoms with E-state index in [1.54, 1.807) is 12.1 Å². The normalized spacial score (nSPS) is 12.6. The number of rotatable bonds is 6. The molecule has 0 aliphatic heterocycles. The molecule has 0 saturated carbocycles. The van der Waals surface area contributed by atoms with Crippen LogP contribution in [0.4, 0.5) is 0 Å². The molecule has 3 nitrogen and oxygen atoms in total. The zero-order valence-electron chi connectivity index (χ0n) is 15.6. The second kappa shape index (κ2) is 8.37. The lowest BCUT2D eigenvalue weighted by Gasteiger charge is -2.32. The lowest BCUT2D eigenvalue weighted by Crippen LogP contribution is -2.43. The predicted molar refractivity (Wildman–Crippen MR) is 112 cm³/mol. The molecule has 0 heterocycles. The van der Waals surface area contributed by atoms with Crippen LogP contribution in [0.3, 0.4) is 0 Å². The fourth-order valence-corrected chi connectivity index (χ4v) is 6.56. The summed E-state index contributed by atoms with van der Waals surface area (Å²) in [7, 11) is -3.10. The summed E-state index contributed by atoms with van der Waals surface area (Å²) >= 11 is 0. The fraction of sp³-hybridized carbons (Fsp3) is 0.174. The maximum absolute atomic E-state index is 14.5. The molecule has 1 atom stereocenters. The maximum Gasteiger partial charge on any atom is 0.251 e. The van der Waals surface area contributed by atoms with Crippen molar-refractivity contribution >= 4 is 23.7 Å². The standard InChI is InChI=1S/C23H24NO2P/c1-18(2)23(24-22(25)19-12-6-3-7-13-19)27(26,20-14-8-4-9-15-20)21-16-10-5-11-17-21/h3-18,23H,1-2H3,(H,24,25)/t23-/m0/s1. The number of carbonyl (C=O) groups is 1. The van der Waals surface area contributed by atoms with Crippen molar-refractivity contribution in [2.75, 3.05) is 0 Å². The first kappa shape index (κ1) is 19.1. The third-order valence-electron chi connectivity index (χ3n) is 4.62. The Morgan fingerprint density at radius 1 is 0.741 bits per heavy atom. The van der Waals surface area contributed by atoms with Crippen LogP contribution in [0.15, 0.2) is 91.0 Å². The highest BCUT2D eigenvalue weighted by Gasteiger charge is 2.39. The average molecular weight is 377 g/mol. The van der Waals surface area contributed by atoms with Crippen molar-refractivity contribution < 1.29 is 9.36 Å². The molecule has 0 aliphatic rings. The first-order valence-corrected chi connectivity index (χ1v) is 10.9. The summed E-state index contributed by atoms with van der Waals surface area (Å²) in [5, 5.41) is 4.57. The summed E-state index contributed by atoms with van der Waals surface area (Å²) in [6.45, 7) is 3.99. The Bertz CT molecular complexity index is 881. The molecule has 0 fully saturated rings. The fourth-order valence-electron chi connectivity index (χ4n) is 3.25. The van der Waals surface area contributed by atoms with E-state index < -0.39 is 12.9 Å². The van der Waals surface area contributed by atoms with E-state index in [9.17, 15) is 9.36 Å². The second-order valence-electron chi connectivity index (χ2n) is 6.86. The highest BCUT2D eigenvalue weighted by molar-refractivity contribution is 7.79. The summed E-state index contributed by atoms with van der Waals surface area (Å²) < 4.78 is 14.5. The Labute approximate surface area is 160 Å². The van der Waals surface area contributed by atoms with E-state index in [-0.39, 0.29) is 11.8 Å². The van der Waals surface area contributed by atoms with Crippen molar-refractivity contribution in [2.45, 2.75) is 19.6 Å². The van der Waals surface area contributed by atoms with Gasteiger partial charge in [0.15, 0.2) is 7.14 Å². The monoisotopic (exact) mass is 377 g/mol. The van der Waals surface area contributed by atoms with E-state index in [0.29, 0.717) is 5.56 Å². The quantitative estimate of drug-likeness (QED) is 0.647. The zero-order chi connectivity index (χ0) is 19.3. The molecular weight excluding hydrogens is 353 g/mol. The molecule has 3 rings (SSSR count). The summed E-state index contributed by atoms with van der Waals surface area (Å²) in [6, 6.07) is 28.0. The molecule has 4 heteroatoms. The molecule has 138 valence electrons. The third-order valence-corrected chi connectivity index (χ3v) is 8.26. The van der Waals surface area contributed by atoms with Crippen molar-refractivity contribution in [3.63, 3.8) is 0 Å². The van der Waals surface area contributed by atoms with E-state index in [1.807, 2.05) is 92.7 Å². The maximum atomic E-state index is 14.5. The van der Waals surface area contributed by atoms with Crippen LogP contribution in [0.5, 0.6) is 0 Å². The molecular formula is C23H24NO2P. The van der Waals surface area contributed by atoms with Gasteiger partial charge in [-0.05, 0) is 18.1 Å². The van der Waals surface area contributed by atoms with Gasteiger partial charge in [-0.25, -0.2) is 0 Å². The Balaban J connectivity index is 2.08. The van der Waals surface area contributed by atoms with Crippen molar-refractivity contribution in [3.05, 3.63) is 96.6 Å². The van der Waals surface area contributed by atoms with Crippen LogP contribution in [0.1, 0.15) is 24.2 Å². The summed E-state index contributed by atoms with van der Waals surface area (Å²) in [5.74, 6) is -0.722. The Morgan fingerprint density at radius 3 is 1.56 bits per heavy atom. The zero-order valence-corrected chi connectivity index (χ0v) is 16.5. The number of nitrogens with one attached hydrogen (secondary N) is 1. The highest BCUT2D eigenvalue weighted by Crippen LogP contribution is 2.50. The smallest absolute Gasteiger partial charge is 0.251 e. The number of benzene rings is 3. The van der Waals surface area contributed by atoms with E-state index in [1.165, 1.54) is 0 Å². The lowest BCUT2D eigenvalue weighted by molar-refractivity contribution is 0.0941. The van der Waals surface area contributed by atoms with E-state index in [2.05, 4.69) is 5.32 Å². The van der Waals surface area contributed by atoms with Gasteiger partial charge in [0.1, 0.15) is 0 Å². The molecule has 27 heavy (non-hydrogen) atoms. The van der Waals surface area contributed by atoms with Gasteiger partial charge in [-0.15, -0.1) is 0 Å². The van der Waals surface area contributed by atoms with Crippen molar-refractivity contribution in [1.29, 1.82) is 0 Å². The van der Waals surface area contributed by atoms with Gasteiger partial charge >= 0.3 is 0 Å². The Morgan fingerprint density at radius 2 is 1.15 bits per heavy atom. The van der Waals surface area contributed by atoms with Crippen LogP contribution in [0.2, 0.25) is 0 Å². The minimum atomic E-state index is -3.10. The van der Waals surface area contributed by atoms with Gasteiger partial charge in [0.25, 0.3) is 5.91 Å². The third kappa shape index (κ3) is 4.04. The summed E-state index contributed by atoms with van der Waals surface area (Å²) in [4.78, 5) is 12.8. The number of hydrogen-bond acceptors (Lipinski definition) is 2. The molecule has 0 radical (unpaired) electrons. The number of hydrogen-bond donors (Lipinski definition) is 1. The minimum Gasteiger partial charge on any atom is -0.341 e. The molecule has 1 amide bonds. The Kier molecular flexibility index (Phi) is 5.93. The van der Waals surface area contributed by atoms with E-state index in [0.717, 1.165) is 10.6 Å². The SMILES string of the molecule is CC(C)[C@@H](NC(=O)c1ccccc1)P(=O)(c1ccccc1)c1ccccc1. The van der Waals surface area contributed by atoms with Crippen molar-refractivity contribution in [3.8, 4) is 0 Å². The van der Waals surface area contributed by atoms with Gasteiger partial charge in [-0.2, -0.15) is 0 Å². The van der Waals surface area contributed by atoms with Crippen LogP contribution >= 0.6 is 7.14 Å². The number of amides is 1. The average Bonchev–Trinajstić information content (AvgIpc) is 2.73. The van der Waals surface area contributed by atoms with E-state index >= 15 is 0 Å². The van der Waals surface area contributed by atoms with Gasteiger partial charge < -0.3 is 9.88 Å². The van der Waals surface area contributed by atoms with Gasteiger partial charge in [-0.3, -0.25) is 4.79 Å². The van der Waals surface area contributed by atoms with Gasteiger partial charge in [0, 0.05) is 16.2 Å². The van der Waals surface area contributed by atoms with Crippen LogP contribution < -0.4 is 15.9 Å². The topological polar surface area (TPSA) is 46.2 Å². The van der Waals surface area contributed by atoms with Gasteiger partial charge in [0.05, 0.1) is 5.78 Å². The molecule has 1 N–H and O–H groups in total. The molecule has 3 aromatic rings. The first-order valence-electron chi connectivity index (χ1n) is 9.10. The highest BCUT2D eigenvalue weighted by atomic mass is 31.2. The first-order chi connectivity index (χ1) is 13.0. The molecule has 0 unspecified atom stereocenters. The molecule has 3 aromatic carbocycles. The van der Waals surface area contributed by atoms with Crippen LogP contribution in [0, 0.1) is 5.92 Å². The summed E-state index contributed by atoms with van der Waals surface area (Å²) in [5.41, 5.74) is 0.566. The minimum absolute atomic E-state index is 0.0103.